The van der Waals surface area contributed by atoms with Crippen molar-refractivity contribution in [2.75, 3.05) is 23.9 Å². The van der Waals surface area contributed by atoms with Crippen LogP contribution in [0.15, 0.2) is 48.7 Å². The molecule has 1 fully saturated rings. The normalized spacial score (nSPS) is 25.7. The van der Waals surface area contributed by atoms with E-state index in [0.29, 0.717) is 16.9 Å². The molecule has 3 N–H and O–H groups in total. The molecule has 0 saturated carbocycles. The van der Waals surface area contributed by atoms with Crippen LogP contribution in [0.4, 0.5) is 15.5 Å². The van der Waals surface area contributed by atoms with Crippen LogP contribution in [0.3, 0.4) is 0 Å². The first-order valence-electron chi connectivity index (χ1n) is 12.3. The number of likely N-dealkylation sites (N-methyl/N-ethyl adjacent to an activating group) is 1. The molecule has 5 rings (SSSR count). The number of nitrogens with zero attached hydrogens (tertiary/aromatic N) is 1. The van der Waals surface area contributed by atoms with Crippen molar-refractivity contribution in [2.24, 2.45) is 5.92 Å². The molecule has 0 unspecified atom stereocenters. The van der Waals surface area contributed by atoms with Gasteiger partial charge < -0.3 is 29.2 Å². The third-order valence-electron chi connectivity index (χ3n) is 7.81. The van der Waals surface area contributed by atoms with E-state index < -0.39 is 31.6 Å². The Morgan fingerprint density at radius 2 is 2.03 bits per heavy atom. The largest absolute Gasteiger partial charge is 0.396 e. The van der Waals surface area contributed by atoms with E-state index in [1.807, 2.05) is 37.4 Å². The summed E-state index contributed by atoms with van der Waals surface area (Å²) >= 11 is 0. The van der Waals surface area contributed by atoms with Crippen molar-refractivity contribution in [3.63, 3.8) is 0 Å². The van der Waals surface area contributed by atoms with Gasteiger partial charge in [0, 0.05) is 53.5 Å². The molecule has 0 radical (unpaired) electrons. The molecule has 1 aromatic heterocycles. The molecular weight excluding hydrogens is 477 g/mol. The summed E-state index contributed by atoms with van der Waals surface area (Å²) in [5, 5.41) is 13.6. The lowest BCUT2D eigenvalue weighted by molar-refractivity contribution is -0.146. The van der Waals surface area contributed by atoms with Gasteiger partial charge in [0.25, 0.3) is 5.91 Å². The lowest BCUT2D eigenvalue weighted by Gasteiger charge is -2.31. The van der Waals surface area contributed by atoms with Crippen LogP contribution in [0.1, 0.15) is 24.5 Å². The highest BCUT2D eigenvalue weighted by molar-refractivity contribution is 6.72. The molecule has 2 aromatic carbocycles. The Kier molecular flexibility index (Phi) is 6.05. The summed E-state index contributed by atoms with van der Waals surface area (Å²) in [7, 11) is -1.54. The van der Waals surface area contributed by atoms with Crippen molar-refractivity contribution in [2.45, 2.75) is 50.1 Å². The number of hydrogen-bond acceptors (Lipinski definition) is 4. The molecule has 2 amide bonds. The molecule has 2 aliphatic rings. The summed E-state index contributed by atoms with van der Waals surface area (Å²) in [6.07, 6.45) is 1.75. The van der Waals surface area contributed by atoms with Gasteiger partial charge in [0.15, 0.2) is 5.60 Å². The van der Waals surface area contributed by atoms with Gasteiger partial charge in [-0.3, -0.25) is 9.59 Å². The number of amides is 2. The minimum Gasteiger partial charge on any atom is -0.396 e. The summed E-state index contributed by atoms with van der Waals surface area (Å²) in [6.45, 7) is 4.99. The Morgan fingerprint density at radius 3 is 2.75 bits per heavy atom. The standard InChI is InChI=1S/C27H32FN3O4Si/c1-16-25(36(3,4)28)23(11-12-32)35-27(16)20-14-18(9-10-22(20)31(2)26(27)34)30-24(33)13-17-15-29-21-8-6-5-7-19(17)21/h5-10,14-16,23,25,29,32H,11-13H2,1-4H3,(H,30,33)/t16-,23+,25-,27+/m1/s1. The Hall–Kier alpha value is -3.01. The monoisotopic (exact) mass is 509 g/mol. The number of H-pyrrole nitrogens is 1. The smallest absolute Gasteiger partial charge is 0.264 e. The fourth-order valence-electron chi connectivity index (χ4n) is 6.28. The number of hydrogen-bond donors (Lipinski definition) is 3. The molecule has 3 heterocycles. The number of aromatic nitrogens is 1. The number of aliphatic hydroxyl groups is 1. The Balaban J connectivity index is 1.47. The van der Waals surface area contributed by atoms with E-state index in [0.717, 1.165) is 16.5 Å². The molecule has 0 bridgehead atoms. The Bertz CT molecular complexity index is 1340. The van der Waals surface area contributed by atoms with E-state index >= 15 is 4.11 Å². The number of rotatable bonds is 6. The summed E-state index contributed by atoms with van der Waals surface area (Å²) in [5.74, 6) is -0.842. The van der Waals surface area contributed by atoms with E-state index in [9.17, 15) is 14.7 Å². The number of nitrogens with one attached hydrogen (secondary N) is 2. The summed E-state index contributed by atoms with van der Waals surface area (Å²) in [6, 6.07) is 13.2. The average Bonchev–Trinajstić information content (AvgIpc) is 3.42. The van der Waals surface area contributed by atoms with Gasteiger partial charge in [-0.2, -0.15) is 0 Å². The molecule has 1 spiro atoms. The van der Waals surface area contributed by atoms with E-state index in [2.05, 4.69) is 10.3 Å². The molecule has 190 valence electrons. The maximum atomic E-state index is 15.5. The van der Waals surface area contributed by atoms with Gasteiger partial charge in [0.2, 0.25) is 14.3 Å². The number of anilines is 2. The van der Waals surface area contributed by atoms with Crippen molar-refractivity contribution in [3.05, 3.63) is 59.8 Å². The van der Waals surface area contributed by atoms with E-state index in [4.69, 9.17) is 4.74 Å². The number of fused-ring (bicyclic) bond motifs is 3. The lowest BCUT2D eigenvalue weighted by atomic mass is 9.82. The second-order valence-electron chi connectivity index (χ2n) is 10.5. The van der Waals surface area contributed by atoms with Crippen LogP contribution in [0.25, 0.3) is 10.9 Å². The fraction of sp³-hybridized carbons (Fsp3) is 0.407. The SMILES string of the molecule is C[C@@H]1[C@@H]([Si](C)(C)F)[C@H](CCO)O[C@@]12C(=O)N(C)c1ccc(NC(=O)Cc3c[nH]c4ccccc34)cc12. The van der Waals surface area contributed by atoms with Crippen LogP contribution in [0.5, 0.6) is 0 Å². The molecule has 7 nitrogen and oxygen atoms in total. The fourth-order valence-corrected chi connectivity index (χ4v) is 8.83. The van der Waals surface area contributed by atoms with Crippen molar-refractivity contribution in [3.8, 4) is 0 Å². The summed E-state index contributed by atoms with van der Waals surface area (Å²) < 4.78 is 21.9. The molecule has 4 atom stereocenters. The molecule has 0 aliphatic carbocycles. The van der Waals surface area contributed by atoms with E-state index in [1.165, 1.54) is 0 Å². The molecule has 36 heavy (non-hydrogen) atoms. The average molecular weight is 510 g/mol. The Morgan fingerprint density at radius 1 is 1.28 bits per heavy atom. The highest BCUT2D eigenvalue weighted by Gasteiger charge is 2.66. The van der Waals surface area contributed by atoms with Crippen LogP contribution in [0, 0.1) is 5.92 Å². The molecular formula is C27H32FN3O4Si. The van der Waals surface area contributed by atoms with Gasteiger partial charge in [-0.1, -0.05) is 25.1 Å². The highest BCUT2D eigenvalue weighted by atomic mass is 28.4. The van der Waals surface area contributed by atoms with Crippen molar-refractivity contribution < 1.29 is 23.5 Å². The first-order chi connectivity index (χ1) is 17.1. The third kappa shape index (κ3) is 3.77. The number of carbonyl (C=O) groups is 2. The number of para-hydroxylation sites is 1. The quantitative estimate of drug-likeness (QED) is 0.337. The van der Waals surface area contributed by atoms with Crippen molar-refractivity contribution in [1.29, 1.82) is 0 Å². The predicted octanol–water partition coefficient (Wildman–Crippen LogP) is 4.48. The minimum absolute atomic E-state index is 0.144. The van der Waals surface area contributed by atoms with Gasteiger partial charge in [-0.05, 0) is 49.3 Å². The topological polar surface area (TPSA) is 94.7 Å². The zero-order valence-electron chi connectivity index (χ0n) is 21.0. The van der Waals surface area contributed by atoms with Crippen molar-refractivity contribution >= 4 is 42.5 Å². The number of carbonyl (C=O) groups excluding carboxylic acids is 2. The van der Waals surface area contributed by atoms with E-state index in [1.54, 1.807) is 43.2 Å². The van der Waals surface area contributed by atoms with Gasteiger partial charge in [0.05, 0.1) is 18.2 Å². The number of aliphatic hydroxyl groups excluding tert-OH is 1. The zero-order valence-corrected chi connectivity index (χ0v) is 22.0. The lowest BCUT2D eigenvalue weighted by Crippen LogP contribution is -2.44. The highest BCUT2D eigenvalue weighted by Crippen LogP contribution is 2.60. The number of benzene rings is 2. The Labute approximate surface area is 210 Å². The van der Waals surface area contributed by atoms with Gasteiger partial charge >= 0.3 is 0 Å². The van der Waals surface area contributed by atoms with Crippen LogP contribution in [-0.4, -0.2) is 50.1 Å². The zero-order chi connectivity index (χ0) is 25.8. The predicted molar refractivity (Wildman–Crippen MR) is 140 cm³/mol. The first kappa shape index (κ1) is 24.7. The van der Waals surface area contributed by atoms with Gasteiger partial charge in [-0.25, -0.2) is 0 Å². The first-order valence-corrected chi connectivity index (χ1v) is 15.3. The molecule has 9 heteroatoms. The van der Waals surface area contributed by atoms with Crippen LogP contribution < -0.4 is 10.2 Å². The van der Waals surface area contributed by atoms with Crippen LogP contribution in [0.2, 0.25) is 18.6 Å². The van der Waals surface area contributed by atoms with Crippen LogP contribution >= 0.6 is 0 Å². The maximum absolute atomic E-state index is 15.5. The molecule has 2 aliphatic heterocycles. The molecule has 1 saturated heterocycles. The number of aromatic amines is 1. The van der Waals surface area contributed by atoms with Gasteiger partial charge in [0.1, 0.15) is 0 Å². The second-order valence-corrected chi connectivity index (χ2v) is 14.3. The second kappa shape index (κ2) is 8.83. The summed E-state index contributed by atoms with van der Waals surface area (Å²) in [4.78, 5) is 31.3. The minimum atomic E-state index is -3.23. The molecule has 3 aromatic rings. The number of halogens is 1. The van der Waals surface area contributed by atoms with Crippen LogP contribution in [-0.2, 0) is 26.3 Å². The third-order valence-corrected chi connectivity index (χ3v) is 10.3. The van der Waals surface area contributed by atoms with Crippen molar-refractivity contribution in [1.82, 2.24) is 4.98 Å². The van der Waals surface area contributed by atoms with E-state index in [-0.39, 0.29) is 31.3 Å². The van der Waals surface area contributed by atoms with Gasteiger partial charge in [-0.15, -0.1) is 0 Å². The summed E-state index contributed by atoms with van der Waals surface area (Å²) in [5.41, 5.74) is 1.94. The number of ether oxygens (including phenoxy) is 1. The maximum Gasteiger partial charge on any atom is 0.264 e.